The van der Waals surface area contributed by atoms with E-state index in [-0.39, 0.29) is 12.6 Å². The molecule has 0 spiro atoms. The van der Waals surface area contributed by atoms with Crippen molar-refractivity contribution < 1.29 is 9.90 Å². The lowest BCUT2D eigenvalue weighted by atomic mass is 10.1. The molecular weight excluding hydrogens is 272 g/mol. The molecule has 4 nitrogen and oxygen atoms in total. The lowest BCUT2D eigenvalue weighted by molar-refractivity contribution is 0.0631. The Labute approximate surface area is 122 Å². The average molecular weight is 290 g/mol. The molecule has 2 aromatic rings. The van der Waals surface area contributed by atoms with Crippen molar-refractivity contribution in [1.29, 1.82) is 0 Å². The van der Waals surface area contributed by atoms with E-state index >= 15 is 0 Å². The van der Waals surface area contributed by atoms with E-state index < -0.39 is 5.60 Å². The van der Waals surface area contributed by atoms with Gasteiger partial charge < -0.3 is 15.7 Å². The molecule has 0 saturated heterocycles. The summed E-state index contributed by atoms with van der Waals surface area (Å²) in [5.41, 5.74) is -0.00852. The highest BCUT2D eigenvalue weighted by Gasteiger charge is 2.24. The zero-order chi connectivity index (χ0) is 14.4. The van der Waals surface area contributed by atoms with Crippen molar-refractivity contribution in [1.82, 2.24) is 10.6 Å². The van der Waals surface area contributed by atoms with Gasteiger partial charge in [-0.05, 0) is 23.9 Å². The Bertz CT molecular complexity index is 538. The third-order valence-corrected chi connectivity index (χ3v) is 4.06. The van der Waals surface area contributed by atoms with Gasteiger partial charge in [0.2, 0.25) is 0 Å². The fourth-order valence-corrected chi connectivity index (χ4v) is 2.55. The molecule has 1 aromatic carbocycles. The number of hydrogen-bond donors (Lipinski definition) is 3. The van der Waals surface area contributed by atoms with Crippen LogP contribution in [0.3, 0.4) is 0 Å². The molecule has 1 atom stereocenters. The van der Waals surface area contributed by atoms with Crippen LogP contribution < -0.4 is 10.6 Å². The number of rotatable bonds is 5. The number of hydrogen-bond acceptors (Lipinski definition) is 3. The molecular formula is C15H18N2O2S. The van der Waals surface area contributed by atoms with Gasteiger partial charge in [-0.1, -0.05) is 36.4 Å². The molecule has 0 radical (unpaired) electrons. The number of carbonyl (C=O) groups is 1. The monoisotopic (exact) mass is 290 g/mol. The summed E-state index contributed by atoms with van der Waals surface area (Å²) in [5, 5.41) is 17.6. The van der Waals surface area contributed by atoms with Gasteiger partial charge in [0.1, 0.15) is 5.60 Å². The second kappa shape index (κ2) is 6.54. The van der Waals surface area contributed by atoms with Crippen molar-refractivity contribution in [3.63, 3.8) is 0 Å². The molecule has 0 fully saturated rings. The average Bonchev–Trinajstić information content (AvgIpc) is 2.99. The summed E-state index contributed by atoms with van der Waals surface area (Å²) in [4.78, 5) is 12.5. The Kier molecular flexibility index (Phi) is 4.76. The molecule has 106 valence electrons. The Morgan fingerprint density at radius 3 is 2.60 bits per heavy atom. The van der Waals surface area contributed by atoms with E-state index in [4.69, 9.17) is 0 Å². The van der Waals surface area contributed by atoms with Crippen molar-refractivity contribution >= 4 is 17.4 Å². The summed E-state index contributed by atoms with van der Waals surface area (Å²) in [7, 11) is 0. The molecule has 0 aliphatic rings. The first-order chi connectivity index (χ1) is 9.58. The molecule has 0 aliphatic heterocycles. The second-order valence-corrected chi connectivity index (χ2v) is 5.72. The minimum absolute atomic E-state index is 0.175. The summed E-state index contributed by atoms with van der Waals surface area (Å²) in [6.07, 6.45) is 0. The number of carbonyl (C=O) groups excluding carboxylic acids is 1. The fourth-order valence-electron chi connectivity index (χ4n) is 1.77. The summed E-state index contributed by atoms with van der Waals surface area (Å²) < 4.78 is 0. The van der Waals surface area contributed by atoms with Crippen LogP contribution in [0.1, 0.15) is 17.4 Å². The molecule has 3 N–H and O–H groups in total. The van der Waals surface area contributed by atoms with Crippen molar-refractivity contribution in [3.05, 3.63) is 58.3 Å². The largest absolute Gasteiger partial charge is 0.383 e. The van der Waals surface area contributed by atoms with Crippen LogP contribution in [0.4, 0.5) is 4.79 Å². The SMILES string of the molecule is C[C@@](O)(CNC(=O)NCc1ccccc1)c1cccs1. The lowest BCUT2D eigenvalue weighted by Gasteiger charge is -2.22. The molecule has 2 rings (SSSR count). The number of urea groups is 1. The molecule has 1 heterocycles. The highest BCUT2D eigenvalue weighted by atomic mass is 32.1. The second-order valence-electron chi connectivity index (χ2n) is 4.77. The third-order valence-electron chi connectivity index (χ3n) is 2.94. The van der Waals surface area contributed by atoms with E-state index in [0.717, 1.165) is 10.4 Å². The van der Waals surface area contributed by atoms with Gasteiger partial charge in [-0.15, -0.1) is 11.3 Å². The topological polar surface area (TPSA) is 61.4 Å². The molecule has 2 amide bonds. The third kappa shape index (κ3) is 4.08. The van der Waals surface area contributed by atoms with Crippen LogP contribution in [0.2, 0.25) is 0 Å². The summed E-state index contributed by atoms with van der Waals surface area (Å²) in [6, 6.07) is 13.1. The first-order valence-corrected chi connectivity index (χ1v) is 7.28. The fraction of sp³-hybridized carbons (Fsp3) is 0.267. The Hall–Kier alpha value is -1.85. The molecule has 0 bridgehead atoms. The van der Waals surface area contributed by atoms with E-state index in [1.807, 2.05) is 47.8 Å². The van der Waals surface area contributed by atoms with Crippen LogP contribution in [0.25, 0.3) is 0 Å². The van der Waals surface area contributed by atoms with Crippen molar-refractivity contribution in [2.24, 2.45) is 0 Å². The molecule has 5 heteroatoms. The van der Waals surface area contributed by atoms with E-state index in [9.17, 15) is 9.90 Å². The molecule has 20 heavy (non-hydrogen) atoms. The van der Waals surface area contributed by atoms with Gasteiger partial charge in [0.15, 0.2) is 0 Å². The maximum atomic E-state index is 11.7. The normalized spacial score (nSPS) is 13.5. The summed E-state index contributed by atoms with van der Waals surface area (Å²) >= 11 is 1.47. The van der Waals surface area contributed by atoms with Gasteiger partial charge in [0.25, 0.3) is 0 Å². The minimum Gasteiger partial charge on any atom is -0.383 e. The number of amides is 2. The van der Waals surface area contributed by atoms with E-state index in [2.05, 4.69) is 10.6 Å². The van der Waals surface area contributed by atoms with Gasteiger partial charge in [-0.25, -0.2) is 4.79 Å². The van der Waals surface area contributed by atoms with Crippen molar-refractivity contribution in [2.45, 2.75) is 19.1 Å². The molecule has 0 saturated carbocycles. The quantitative estimate of drug-likeness (QED) is 0.792. The predicted octanol–water partition coefficient (Wildman–Crippen LogP) is 2.46. The van der Waals surface area contributed by atoms with Gasteiger partial charge in [-0.2, -0.15) is 0 Å². The Morgan fingerprint density at radius 1 is 1.20 bits per heavy atom. The van der Waals surface area contributed by atoms with Crippen LogP contribution in [0, 0.1) is 0 Å². The first kappa shape index (κ1) is 14.6. The zero-order valence-electron chi connectivity index (χ0n) is 11.3. The molecule has 1 aromatic heterocycles. The lowest BCUT2D eigenvalue weighted by Crippen LogP contribution is -2.42. The zero-order valence-corrected chi connectivity index (χ0v) is 12.1. The maximum absolute atomic E-state index is 11.7. The van der Waals surface area contributed by atoms with Crippen LogP contribution in [-0.4, -0.2) is 17.7 Å². The minimum atomic E-state index is -1.04. The van der Waals surface area contributed by atoms with Crippen LogP contribution >= 0.6 is 11.3 Å². The van der Waals surface area contributed by atoms with E-state index in [1.165, 1.54) is 11.3 Å². The van der Waals surface area contributed by atoms with E-state index in [0.29, 0.717) is 6.54 Å². The maximum Gasteiger partial charge on any atom is 0.315 e. The van der Waals surface area contributed by atoms with Crippen molar-refractivity contribution in [3.8, 4) is 0 Å². The number of benzene rings is 1. The molecule has 0 aliphatic carbocycles. The number of nitrogens with one attached hydrogen (secondary N) is 2. The van der Waals surface area contributed by atoms with Crippen molar-refractivity contribution in [2.75, 3.05) is 6.54 Å². The van der Waals surface area contributed by atoms with Gasteiger partial charge in [0, 0.05) is 11.4 Å². The van der Waals surface area contributed by atoms with Crippen LogP contribution in [0.15, 0.2) is 47.8 Å². The summed E-state index contributed by atoms with van der Waals surface area (Å²) in [6.45, 7) is 2.33. The smallest absolute Gasteiger partial charge is 0.315 e. The Morgan fingerprint density at radius 2 is 1.95 bits per heavy atom. The first-order valence-electron chi connectivity index (χ1n) is 6.40. The van der Waals surface area contributed by atoms with E-state index in [1.54, 1.807) is 6.92 Å². The van der Waals surface area contributed by atoms with Gasteiger partial charge in [-0.3, -0.25) is 0 Å². The highest BCUT2D eigenvalue weighted by Crippen LogP contribution is 2.24. The number of thiophene rings is 1. The highest BCUT2D eigenvalue weighted by molar-refractivity contribution is 7.10. The van der Waals surface area contributed by atoms with Gasteiger partial charge in [0.05, 0.1) is 6.54 Å². The van der Waals surface area contributed by atoms with Crippen LogP contribution in [0.5, 0.6) is 0 Å². The standard InChI is InChI=1S/C15H18N2O2S/c1-15(19,13-8-5-9-20-13)11-17-14(18)16-10-12-6-3-2-4-7-12/h2-9,19H,10-11H2,1H3,(H2,16,17,18)/t15-/m1/s1. The predicted molar refractivity (Wildman–Crippen MR) is 80.6 cm³/mol. The molecule has 0 unspecified atom stereocenters. The van der Waals surface area contributed by atoms with Crippen LogP contribution in [-0.2, 0) is 12.1 Å². The number of aliphatic hydroxyl groups is 1. The summed E-state index contributed by atoms with van der Waals surface area (Å²) in [5.74, 6) is 0. The van der Waals surface area contributed by atoms with Gasteiger partial charge >= 0.3 is 6.03 Å². The Balaban J connectivity index is 1.78.